The predicted octanol–water partition coefficient (Wildman–Crippen LogP) is 20.7. The minimum atomic E-state index is 0.586. The van der Waals surface area contributed by atoms with Gasteiger partial charge in [0.25, 0.3) is 0 Å². The van der Waals surface area contributed by atoms with Gasteiger partial charge in [-0.3, -0.25) is 4.98 Å². The molecule has 2 N–H and O–H groups in total. The standard InChI is InChI=1S/C80H52N2/c81-72(70-47-54-27-9-15-35-61(54)68-45-56-29-11-17-37-63(56)77(79(68)70)65-39-19-31-50-21-7-13-33-59(50)65)43-41-58-49-74-67(76(53-25-5-2-6-26-53)75(58)52-23-3-1-4-24-52)42-44-73(82-74)71-48-55-28-10-16-36-62(55)69-46-57-30-12-18-38-64(57)78(80(69)71)66-40-20-32-51-22-8-14-34-60(51)66/h1-48H,49,81H2/b58-41+,72-43-. The molecule has 0 saturated carbocycles. The van der Waals surface area contributed by atoms with E-state index in [4.69, 9.17) is 10.7 Å². The number of rotatable bonds is 7. The molecule has 2 heteroatoms. The molecule has 15 aromatic rings. The SMILES string of the molecule is N/C(=C\C=C1/Cc2nc(-c3cc4ccccc4c4cc5ccccc5c(-c5cccc6ccccc56)c34)ccc2C(c2ccccc2)=C1c1ccccc1)c1cc2ccccc2c2cc3ccccc3c(-c3cccc4ccccc34)c12. The van der Waals surface area contributed by atoms with Crippen LogP contribution in [0.15, 0.2) is 297 Å². The lowest BCUT2D eigenvalue weighted by atomic mass is 9.78. The summed E-state index contributed by atoms with van der Waals surface area (Å²) in [5.74, 6) is 0. The number of benzene rings is 14. The van der Waals surface area contributed by atoms with Gasteiger partial charge in [-0.2, -0.15) is 0 Å². The lowest BCUT2D eigenvalue weighted by Crippen LogP contribution is -2.11. The maximum absolute atomic E-state index is 7.72. The fourth-order valence-corrected chi connectivity index (χ4v) is 13.6. The van der Waals surface area contributed by atoms with Crippen LogP contribution in [0, 0.1) is 0 Å². The van der Waals surface area contributed by atoms with Crippen LogP contribution in [0.2, 0.25) is 0 Å². The van der Waals surface area contributed by atoms with E-state index < -0.39 is 0 Å². The fourth-order valence-electron chi connectivity index (χ4n) is 13.6. The van der Waals surface area contributed by atoms with Crippen molar-refractivity contribution in [2.24, 2.45) is 5.73 Å². The molecule has 16 rings (SSSR count). The van der Waals surface area contributed by atoms with Crippen molar-refractivity contribution in [2.75, 3.05) is 0 Å². The van der Waals surface area contributed by atoms with Crippen molar-refractivity contribution in [3.05, 3.63) is 325 Å². The number of fused-ring (bicyclic) bond motifs is 11. The quantitative estimate of drug-likeness (QED) is 0.128. The van der Waals surface area contributed by atoms with Crippen molar-refractivity contribution in [1.29, 1.82) is 0 Å². The third-order valence-corrected chi connectivity index (χ3v) is 17.2. The third kappa shape index (κ3) is 7.68. The summed E-state index contributed by atoms with van der Waals surface area (Å²) in [6, 6.07) is 102. The maximum atomic E-state index is 7.72. The second-order valence-electron chi connectivity index (χ2n) is 21.8. The van der Waals surface area contributed by atoms with E-state index in [1.807, 2.05) is 0 Å². The number of pyridine rings is 1. The van der Waals surface area contributed by atoms with Gasteiger partial charge in [0.05, 0.1) is 11.4 Å². The second kappa shape index (κ2) is 19.3. The third-order valence-electron chi connectivity index (χ3n) is 17.2. The summed E-state index contributed by atoms with van der Waals surface area (Å²) in [6.07, 6.45) is 5.04. The average Bonchev–Trinajstić information content (AvgIpc) is 2.35. The van der Waals surface area contributed by atoms with E-state index in [-0.39, 0.29) is 0 Å². The molecule has 0 amide bonds. The summed E-state index contributed by atoms with van der Waals surface area (Å²) in [5, 5.41) is 19.1. The highest BCUT2D eigenvalue weighted by Crippen LogP contribution is 2.50. The molecule has 382 valence electrons. The van der Waals surface area contributed by atoms with Crippen LogP contribution in [0.5, 0.6) is 0 Å². The van der Waals surface area contributed by atoms with E-state index >= 15 is 0 Å². The molecule has 0 unspecified atom stereocenters. The maximum Gasteiger partial charge on any atom is 0.0712 e. The molecule has 1 aliphatic rings. The Morgan fingerprint density at radius 2 is 0.768 bits per heavy atom. The van der Waals surface area contributed by atoms with E-state index in [2.05, 4.69) is 291 Å². The molecular formula is C80H52N2. The first kappa shape index (κ1) is 47.3. The van der Waals surface area contributed by atoms with Gasteiger partial charge in [-0.1, -0.05) is 255 Å². The summed E-state index contributed by atoms with van der Waals surface area (Å²) in [5.41, 5.74) is 24.1. The van der Waals surface area contributed by atoms with E-state index in [1.165, 1.54) is 103 Å². The van der Waals surface area contributed by atoms with Gasteiger partial charge in [-0.15, -0.1) is 0 Å². The smallest absolute Gasteiger partial charge is 0.0712 e. The van der Waals surface area contributed by atoms with Crippen molar-refractivity contribution < 1.29 is 0 Å². The molecule has 82 heavy (non-hydrogen) atoms. The minimum Gasteiger partial charge on any atom is -0.398 e. The number of allylic oxidation sites excluding steroid dienone is 4. The van der Waals surface area contributed by atoms with E-state index in [0.29, 0.717) is 12.1 Å². The van der Waals surface area contributed by atoms with Crippen LogP contribution in [0.3, 0.4) is 0 Å². The molecule has 0 atom stereocenters. The van der Waals surface area contributed by atoms with E-state index in [1.54, 1.807) is 0 Å². The Hall–Kier alpha value is -10.7. The molecule has 0 bridgehead atoms. The number of nitrogens with two attached hydrogens (primary N) is 1. The van der Waals surface area contributed by atoms with Crippen LogP contribution in [-0.2, 0) is 6.42 Å². The van der Waals surface area contributed by atoms with Crippen molar-refractivity contribution >= 4 is 103 Å². The molecule has 0 aliphatic heterocycles. The van der Waals surface area contributed by atoms with Crippen molar-refractivity contribution in [1.82, 2.24) is 4.98 Å². The topological polar surface area (TPSA) is 38.9 Å². The Kier molecular flexibility index (Phi) is 11.1. The number of hydrogen-bond acceptors (Lipinski definition) is 2. The molecule has 1 heterocycles. The predicted molar refractivity (Wildman–Crippen MR) is 350 cm³/mol. The highest BCUT2D eigenvalue weighted by atomic mass is 14.7. The molecule has 0 spiro atoms. The van der Waals surface area contributed by atoms with Crippen LogP contribution >= 0.6 is 0 Å². The van der Waals surface area contributed by atoms with Crippen LogP contribution in [0.1, 0.15) is 27.9 Å². The van der Waals surface area contributed by atoms with Crippen LogP contribution < -0.4 is 5.73 Å². The fraction of sp³-hybridized carbons (Fsp3) is 0.0125. The van der Waals surface area contributed by atoms with Crippen molar-refractivity contribution in [3.63, 3.8) is 0 Å². The minimum absolute atomic E-state index is 0.586. The summed E-state index contributed by atoms with van der Waals surface area (Å²) in [6.45, 7) is 0. The molecule has 1 aromatic heterocycles. The second-order valence-corrected chi connectivity index (χ2v) is 21.8. The lowest BCUT2D eigenvalue weighted by Gasteiger charge is -2.27. The highest BCUT2D eigenvalue weighted by molar-refractivity contribution is 6.27. The van der Waals surface area contributed by atoms with Crippen molar-refractivity contribution in [2.45, 2.75) is 6.42 Å². The first-order chi connectivity index (χ1) is 40.6. The van der Waals surface area contributed by atoms with Gasteiger partial charge < -0.3 is 5.73 Å². The monoisotopic (exact) mass is 1040 g/mol. The molecule has 14 aromatic carbocycles. The molecule has 1 aliphatic carbocycles. The zero-order valence-corrected chi connectivity index (χ0v) is 44.9. The summed E-state index contributed by atoms with van der Waals surface area (Å²) in [7, 11) is 0. The lowest BCUT2D eigenvalue weighted by molar-refractivity contribution is 1.06. The van der Waals surface area contributed by atoms with E-state index in [9.17, 15) is 0 Å². The van der Waals surface area contributed by atoms with Crippen LogP contribution in [0.4, 0.5) is 0 Å². The zero-order chi connectivity index (χ0) is 54.3. The van der Waals surface area contributed by atoms with Gasteiger partial charge in [0.2, 0.25) is 0 Å². The molecule has 2 nitrogen and oxygen atoms in total. The zero-order valence-electron chi connectivity index (χ0n) is 44.9. The van der Waals surface area contributed by atoms with E-state index in [0.717, 1.165) is 61.1 Å². The largest absolute Gasteiger partial charge is 0.398 e. The number of aromatic nitrogens is 1. The normalized spacial score (nSPS) is 13.4. The van der Waals surface area contributed by atoms with Gasteiger partial charge in [0.15, 0.2) is 0 Å². The van der Waals surface area contributed by atoms with Crippen LogP contribution in [0.25, 0.3) is 137 Å². The van der Waals surface area contributed by atoms with Gasteiger partial charge in [-0.25, -0.2) is 0 Å². The number of hydrogen-bond donors (Lipinski definition) is 1. The Balaban J connectivity index is 0.955. The molecule has 0 radical (unpaired) electrons. The van der Waals surface area contributed by atoms with Gasteiger partial charge >= 0.3 is 0 Å². The van der Waals surface area contributed by atoms with Gasteiger partial charge in [-0.05, 0) is 162 Å². The summed E-state index contributed by atoms with van der Waals surface area (Å²) < 4.78 is 0. The number of nitrogens with zero attached hydrogens (tertiary/aromatic N) is 1. The highest BCUT2D eigenvalue weighted by Gasteiger charge is 2.28. The van der Waals surface area contributed by atoms with Gasteiger partial charge in [0.1, 0.15) is 0 Å². The molecule has 0 fully saturated rings. The Labute approximate surface area is 475 Å². The average molecular weight is 1040 g/mol. The Morgan fingerprint density at radius 3 is 1.34 bits per heavy atom. The summed E-state index contributed by atoms with van der Waals surface area (Å²) >= 11 is 0. The Bertz CT molecular complexity index is 5230. The molecule has 0 saturated heterocycles. The first-order valence-corrected chi connectivity index (χ1v) is 28.3. The first-order valence-electron chi connectivity index (χ1n) is 28.3. The summed E-state index contributed by atoms with van der Waals surface area (Å²) in [4.78, 5) is 5.90. The van der Waals surface area contributed by atoms with Gasteiger partial charge in [0, 0.05) is 39.6 Å². The molecular weight excluding hydrogens is 989 g/mol. The van der Waals surface area contributed by atoms with Crippen molar-refractivity contribution in [3.8, 4) is 33.5 Å². The Morgan fingerprint density at radius 1 is 0.329 bits per heavy atom. The van der Waals surface area contributed by atoms with Crippen LogP contribution in [-0.4, -0.2) is 4.98 Å².